The van der Waals surface area contributed by atoms with Gasteiger partial charge in [0.15, 0.2) is 17.5 Å². The van der Waals surface area contributed by atoms with Gasteiger partial charge in [0.25, 0.3) is 0 Å². The molecule has 0 unspecified atom stereocenters. The number of fused-ring (bicyclic) bond motifs is 3. The third kappa shape index (κ3) is 9.37. The lowest BCUT2D eigenvalue weighted by Crippen LogP contribution is -2.07. The van der Waals surface area contributed by atoms with Gasteiger partial charge in [-0.05, 0) is 126 Å². The van der Waals surface area contributed by atoms with Crippen molar-refractivity contribution in [3.8, 4) is 84.4 Å². The molecule has 11 aromatic rings. The molecule has 0 fully saturated rings. The fraction of sp³-hybridized carbons (Fsp3) is 0.0952. The van der Waals surface area contributed by atoms with Crippen LogP contribution in [0.1, 0.15) is 33.4 Å². The van der Waals surface area contributed by atoms with E-state index in [2.05, 4.69) is 0 Å². The lowest BCUT2D eigenvalue weighted by molar-refractivity contribution is -0.138. The zero-order chi connectivity index (χ0) is 53.3. The lowest BCUT2D eigenvalue weighted by Gasteiger charge is -2.22. The smallest absolute Gasteiger partial charge is 0.308 e. The molecule has 9 aromatic carbocycles. The largest absolute Gasteiger partial charge is 0.417 e. The van der Waals surface area contributed by atoms with E-state index in [1.807, 2.05) is 102 Å². The number of rotatable bonds is 8. The minimum absolute atomic E-state index is 0.0767. The number of halogens is 9. The Balaban J connectivity index is 1.27. The first-order valence-electron chi connectivity index (χ1n) is 24.0. The third-order valence-corrected chi connectivity index (χ3v) is 13.5. The Kier molecular flexibility index (Phi) is 12.2. The topological polar surface area (TPSA) is 43.6 Å². The van der Waals surface area contributed by atoms with Crippen molar-refractivity contribution in [2.24, 2.45) is 0 Å². The van der Waals surface area contributed by atoms with Crippen LogP contribution in [0.2, 0.25) is 0 Å². The highest BCUT2D eigenvalue weighted by molar-refractivity contribution is 6.13. The molecule has 0 atom stereocenters. The molecule has 0 N–H and O–H groups in total. The summed E-state index contributed by atoms with van der Waals surface area (Å²) in [5.41, 5.74) is 5.17. The van der Waals surface area contributed by atoms with Gasteiger partial charge in [0.1, 0.15) is 0 Å². The number of aromatic nitrogens is 4. The molecule has 0 saturated heterocycles. The van der Waals surface area contributed by atoms with E-state index in [0.717, 1.165) is 35.9 Å². The Hall–Kier alpha value is -8.84. The molecule has 2 aromatic heterocycles. The van der Waals surface area contributed by atoms with Crippen LogP contribution in [0.3, 0.4) is 0 Å². The summed E-state index contributed by atoms with van der Waals surface area (Å²) in [5.74, 6) is 0.931. The molecule has 0 bridgehead atoms. The van der Waals surface area contributed by atoms with Crippen LogP contribution in [0.25, 0.3) is 106 Å². The van der Waals surface area contributed by atoms with Crippen molar-refractivity contribution < 1.29 is 39.5 Å². The summed E-state index contributed by atoms with van der Waals surface area (Å²) in [5, 5.41) is 0.986. The summed E-state index contributed by atoms with van der Waals surface area (Å²) in [6.07, 6.45) is -14.1. The van der Waals surface area contributed by atoms with Gasteiger partial charge in [-0.2, -0.15) is 39.5 Å². The molecule has 0 amide bonds. The third-order valence-electron chi connectivity index (χ3n) is 13.5. The van der Waals surface area contributed by atoms with E-state index < -0.39 is 35.2 Å². The van der Waals surface area contributed by atoms with Gasteiger partial charge in [0.2, 0.25) is 0 Å². The standard InChI is InChI=1S/C63H41F9N4/c1-36-12-10-17-41(28-36)50-34-45(60-74-58(39-13-6-4-7-14-39)73-59(75-60)40-15-8-5-9-16-40)35-51(42-18-11-19-46(31-42)61(64,65)66)57(50)76-55-26-21-43(48-25-23-47(30-38(48)3)62(67,68)69)32-52(55)53-33-44(22-27-56(53)76)49-24-20-37(2)29-54(49)63(70,71)72/h4-35H,1-3H3. The van der Waals surface area contributed by atoms with E-state index in [1.165, 1.54) is 18.2 Å². The van der Waals surface area contributed by atoms with Gasteiger partial charge in [-0.25, -0.2) is 15.0 Å². The van der Waals surface area contributed by atoms with Crippen LogP contribution < -0.4 is 0 Å². The van der Waals surface area contributed by atoms with Crippen LogP contribution >= 0.6 is 0 Å². The normalized spacial score (nSPS) is 12.2. The molecule has 13 heteroatoms. The fourth-order valence-corrected chi connectivity index (χ4v) is 9.97. The van der Waals surface area contributed by atoms with Gasteiger partial charge >= 0.3 is 18.5 Å². The van der Waals surface area contributed by atoms with Crippen LogP contribution in [-0.2, 0) is 18.5 Å². The van der Waals surface area contributed by atoms with Crippen molar-refractivity contribution in [2.75, 3.05) is 0 Å². The summed E-state index contributed by atoms with van der Waals surface area (Å²) in [6.45, 7) is 5.06. The fourth-order valence-electron chi connectivity index (χ4n) is 9.97. The van der Waals surface area contributed by atoms with E-state index in [9.17, 15) is 39.5 Å². The van der Waals surface area contributed by atoms with Crippen molar-refractivity contribution in [2.45, 2.75) is 39.3 Å². The maximum atomic E-state index is 14.8. The predicted octanol–water partition coefficient (Wildman–Crippen LogP) is 18.6. The Morgan fingerprint density at radius 1 is 0.329 bits per heavy atom. The van der Waals surface area contributed by atoms with E-state index >= 15 is 0 Å². The Labute approximate surface area is 430 Å². The molecule has 0 aliphatic carbocycles. The summed E-state index contributed by atoms with van der Waals surface area (Å²) >= 11 is 0. The monoisotopic (exact) mass is 1020 g/mol. The summed E-state index contributed by atoms with van der Waals surface area (Å²) in [7, 11) is 0. The van der Waals surface area contributed by atoms with Crippen molar-refractivity contribution in [3.05, 3.63) is 228 Å². The lowest BCUT2D eigenvalue weighted by atomic mass is 9.91. The average Bonchev–Trinajstić information content (AvgIpc) is 3.82. The zero-order valence-electron chi connectivity index (χ0n) is 40.7. The van der Waals surface area contributed by atoms with E-state index in [-0.39, 0.29) is 22.5 Å². The Morgan fingerprint density at radius 3 is 1.32 bits per heavy atom. The second kappa shape index (κ2) is 18.8. The van der Waals surface area contributed by atoms with E-state index in [1.54, 1.807) is 68.4 Å². The number of alkyl halides is 9. The quantitative estimate of drug-likeness (QED) is 0.142. The molecule has 4 nitrogen and oxygen atoms in total. The Morgan fingerprint density at radius 2 is 0.789 bits per heavy atom. The van der Waals surface area contributed by atoms with Gasteiger partial charge in [-0.3, -0.25) is 0 Å². The second-order valence-corrected chi connectivity index (χ2v) is 18.8. The molecule has 2 heterocycles. The number of aryl methyl sites for hydroxylation is 3. The van der Waals surface area contributed by atoms with Crippen LogP contribution in [0.4, 0.5) is 39.5 Å². The first-order chi connectivity index (χ1) is 36.3. The summed E-state index contributed by atoms with van der Waals surface area (Å²) in [4.78, 5) is 14.9. The van der Waals surface area contributed by atoms with E-state index in [0.29, 0.717) is 94.8 Å². The molecule has 0 spiro atoms. The maximum absolute atomic E-state index is 14.8. The van der Waals surface area contributed by atoms with Gasteiger partial charge in [0, 0.05) is 38.6 Å². The number of hydrogen-bond acceptors (Lipinski definition) is 3. The van der Waals surface area contributed by atoms with E-state index in [4.69, 9.17) is 15.0 Å². The number of benzene rings is 9. The molecule has 76 heavy (non-hydrogen) atoms. The molecular weight excluding hydrogens is 984 g/mol. The molecular formula is C63H41F9N4. The van der Waals surface area contributed by atoms with Crippen molar-refractivity contribution in [1.82, 2.24) is 19.5 Å². The van der Waals surface area contributed by atoms with Crippen LogP contribution in [0, 0.1) is 20.8 Å². The van der Waals surface area contributed by atoms with Crippen LogP contribution in [-0.4, -0.2) is 19.5 Å². The SMILES string of the molecule is Cc1cccc(-c2cc(-c3nc(-c4ccccc4)nc(-c4ccccc4)n3)cc(-c3cccc(C(F)(F)F)c3)c2-n2c3ccc(-c4ccc(C(F)(F)F)cc4C)cc3c3cc(-c4ccc(C)cc4C(F)(F)F)ccc32)c1. The molecule has 0 radical (unpaired) electrons. The molecule has 0 aliphatic rings. The van der Waals surface area contributed by atoms with Crippen LogP contribution in [0.15, 0.2) is 194 Å². The minimum atomic E-state index is -4.74. The van der Waals surface area contributed by atoms with Gasteiger partial charge in [-0.1, -0.05) is 139 Å². The number of nitrogens with zero attached hydrogens (tertiary/aromatic N) is 4. The molecule has 11 rings (SSSR count). The minimum Gasteiger partial charge on any atom is -0.308 e. The first kappa shape index (κ1) is 49.4. The Bertz CT molecular complexity index is 3990. The van der Waals surface area contributed by atoms with Gasteiger partial charge in [-0.15, -0.1) is 0 Å². The average molecular weight is 1030 g/mol. The van der Waals surface area contributed by atoms with Crippen molar-refractivity contribution >= 4 is 21.8 Å². The van der Waals surface area contributed by atoms with Crippen LogP contribution in [0.5, 0.6) is 0 Å². The van der Waals surface area contributed by atoms with Gasteiger partial charge < -0.3 is 4.57 Å². The predicted molar refractivity (Wildman–Crippen MR) is 281 cm³/mol. The summed E-state index contributed by atoms with van der Waals surface area (Å²) < 4.78 is 133. The highest BCUT2D eigenvalue weighted by Gasteiger charge is 2.35. The first-order valence-corrected chi connectivity index (χ1v) is 24.0. The highest BCUT2D eigenvalue weighted by atomic mass is 19.4. The van der Waals surface area contributed by atoms with Crippen molar-refractivity contribution in [1.29, 1.82) is 0 Å². The molecule has 0 saturated carbocycles. The summed E-state index contributed by atoms with van der Waals surface area (Å²) in [6, 6.07) is 52.7. The zero-order valence-corrected chi connectivity index (χ0v) is 40.7. The van der Waals surface area contributed by atoms with Crippen molar-refractivity contribution in [3.63, 3.8) is 0 Å². The molecule has 376 valence electrons. The molecule has 0 aliphatic heterocycles. The highest BCUT2D eigenvalue weighted by Crippen LogP contribution is 2.47. The maximum Gasteiger partial charge on any atom is 0.417 e. The number of hydrogen-bond donors (Lipinski definition) is 0. The second-order valence-electron chi connectivity index (χ2n) is 18.8. The van der Waals surface area contributed by atoms with Gasteiger partial charge in [0.05, 0.1) is 33.4 Å².